The third kappa shape index (κ3) is 5.32. The topological polar surface area (TPSA) is 58.6 Å². The maximum Gasteiger partial charge on any atom is 0.395 e. The van der Waals surface area contributed by atoms with Crippen LogP contribution in [0.3, 0.4) is 0 Å². The molecule has 29 heavy (non-hydrogen) atoms. The largest absolute Gasteiger partial charge is 0.507 e. The molecule has 0 saturated carbocycles. The maximum absolute atomic E-state index is 13.2. The van der Waals surface area contributed by atoms with E-state index in [0.717, 1.165) is 11.6 Å². The van der Waals surface area contributed by atoms with Crippen LogP contribution in [0, 0.1) is 5.92 Å². The van der Waals surface area contributed by atoms with Gasteiger partial charge in [-0.1, -0.05) is 48.0 Å². The number of nitrogens with one attached hydrogen (secondary N) is 1. The summed E-state index contributed by atoms with van der Waals surface area (Å²) in [6, 6.07) is 12.9. The highest BCUT2D eigenvalue weighted by molar-refractivity contribution is 6.31. The van der Waals surface area contributed by atoms with Crippen molar-refractivity contribution < 1.29 is 27.8 Å². The van der Waals surface area contributed by atoms with Crippen LogP contribution in [0.1, 0.15) is 22.3 Å². The number of aromatic hydroxyl groups is 1. The molecule has 0 heterocycles. The Balaban J connectivity index is 1.84. The van der Waals surface area contributed by atoms with Crippen molar-refractivity contribution >= 4 is 17.5 Å². The molecule has 0 fully saturated rings. The first-order chi connectivity index (χ1) is 13.7. The van der Waals surface area contributed by atoms with Crippen LogP contribution in [0.25, 0.3) is 0 Å². The molecule has 2 aromatic rings. The zero-order valence-corrected chi connectivity index (χ0v) is 15.8. The Kier molecular flexibility index (Phi) is 6.17. The van der Waals surface area contributed by atoms with E-state index in [0.29, 0.717) is 0 Å². The Bertz CT molecular complexity index is 955. The van der Waals surface area contributed by atoms with Crippen molar-refractivity contribution in [3.8, 4) is 5.75 Å². The zero-order chi connectivity index (χ0) is 21.0. The van der Waals surface area contributed by atoms with E-state index in [1.807, 2.05) is 30.3 Å². The monoisotopic (exact) mass is 423 g/mol. The van der Waals surface area contributed by atoms with Crippen LogP contribution in [-0.2, 0) is 11.3 Å². The summed E-state index contributed by atoms with van der Waals surface area (Å²) in [5.41, 5.74) is 0.658. The first kappa shape index (κ1) is 20.8. The minimum absolute atomic E-state index is 0.0184. The highest BCUT2D eigenvalue weighted by Crippen LogP contribution is 2.36. The van der Waals surface area contributed by atoms with E-state index in [1.165, 1.54) is 24.3 Å². The number of allylic oxidation sites excluding steroid dienone is 3. The van der Waals surface area contributed by atoms with Gasteiger partial charge in [0.1, 0.15) is 18.1 Å². The SMILES string of the molecule is O=C(NC1=C(OCc2ccccc2)C=CC(C(F)(F)F)C1)c1cc(Cl)ccc1O. The summed E-state index contributed by atoms with van der Waals surface area (Å²) < 4.78 is 45.2. The number of benzene rings is 2. The third-order valence-electron chi connectivity index (χ3n) is 4.33. The molecule has 0 radical (unpaired) electrons. The molecule has 0 aliphatic heterocycles. The molecule has 0 bridgehead atoms. The van der Waals surface area contributed by atoms with Gasteiger partial charge >= 0.3 is 6.18 Å². The lowest BCUT2D eigenvalue weighted by Gasteiger charge is -2.25. The van der Waals surface area contributed by atoms with E-state index in [9.17, 15) is 23.1 Å². The fourth-order valence-electron chi connectivity index (χ4n) is 2.80. The molecule has 1 aliphatic rings. The normalized spacial score (nSPS) is 16.6. The highest BCUT2D eigenvalue weighted by Gasteiger charge is 2.40. The Morgan fingerprint density at radius 1 is 1.21 bits per heavy atom. The van der Waals surface area contributed by atoms with Crippen molar-refractivity contribution in [2.75, 3.05) is 0 Å². The summed E-state index contributed by atoms with van der Waals surface area (Å²) in [6.07, 6.45) is -2.74. The molecule has 0 spiro atoms. The van der Waals surface area contributed by atoms with E-state index >= 15 is 0 Å². The molecular weight excluding hydrogens is 407 g/mol. The summed E-state index contributed by atoms with van der Waals surface area (Å²) in [4.78, 5) is 12.5. The molecule has 0 saturated heterocycles. The summed E-state index contributed by atoms with van der Waals surface area (Å²) in [7, 11) is 0. The number of carbonyl (C=O) groups excluding carboxylic acids is 1. The number of carbonyl (C=O) groups is 1. The second-order valence-electron chi connectivity index (χ2n) is 6.44. The number of phenols is 1. The van der Waals surface area contributed by atoms with Gasteiger partial charge < -0.3 is 15.2 Å². The number of ether oxygens (including phenoxy) is 1. The van der Waals surface area contributed by atoms with Crippen molar-refractivity contribution in [1.29, 1.82) is 0 Å². The summed E-state index contributed by atoms with van der Waals surface area (Å²) in [5, 5.41) is 12.5. The van der Waals surface area contributed by atoms with E-state index in [2.05, 4.69) is 5.32 Å². The second-order valence-corrected chi connectivity index (χ2v) is 6.88. The number of rotatable bonds is 5. The number of halogens is 4. The number of alkyl halides is 3. The van der Waals surface area contributed by atoms with E-state index in [4.69, 9.17) is 16.3 Å². The third-order valence-corrected chi connectivity index (χ3v) is 4.56. The van der Waals surface area contributed by atoms with E-state index < -0.39 is 24.4 Å². The molecule has 152 valence electrons. The van der Waals surface area contributed by atoms with Crippen molar-refractivity contribution in [3.05, 3.63) is 88.3 Å². The second kappa shape index (κ2) is 8.61. The molecule has 1 atom stereocenters. The quantitative estimate of drug-likeness (QED) is 0.682. The van der Waals surface area contributed by atoms with E-state index in [1.54, 1.807) is 0 Å². The van der Waals surface area contributed by atoms with Gasteiger partial charge in [0, 0.05) is 11.4 Å². The van der Waals surface area contributed by atoms with Gasteiger partial charge in [-0.05, 0) is 29.8 Å². The van der Waals surface area contributed by atoms with Crippen LogP contribution >= 0.6 is 11.6 Å². The fraction of sp³-hybridized carbons (Fsp3) is 0.190. The molecule has 1 aliphatic carbocycles. The first-order valence-corrected chi connectivity index (χ1v) is 9.06. The van der Waals surface area contributed by atoms with Crippen molar-refractivity contribution in [1.82, 2.24) is 5.32 Å². The number of hydrogen-bond donors (Lipinski definition) is 2. The standard InChI is InChI=1S/C21H17ClF3NO3/c22-15-7-8-18(27)16(11-15)20(28)26-17-10-14(21(23,24)25)6-9-19(17)29-12-13-4-2-1-3-5-13/h1-9,11,14,27H,10,12H2,(H,26,28). The molecule has 1 amide bonds. The summed E-state index contributed by atoms with van der Waals surface area (Å²) in [5.74, 6) is -2.74. The van der Waals surface area contributed by atoms with Crippen molar-refractivity contribution in [3.63, 3.8) is 0 Å². The molecule has 0 aromatic heterocycles. The predicted molar refractivity (Wildman–Crippen MR) is 102 cm³/mol. The minimum Gasteiger partial charge on any atom is -0.507 e. The fourth-order valence-corrected chi connectivity index (χ4v) is 2.97. The van der Waals surface area contributed by atoms with Crippen LogP contribution in [0.15, 0.2) is 72.1 Å². The van der Waals surface area contributed by atoms with Gasteiger partial charge in [0.25, 0.3) is 5.91 Å². The van der Waals surface area contributed by atoms with Gasteiger partial charge in [0.15, 0.2) is 0 Å². The Morgan fingerprint density at radius 3 is 2.62 bits per heavy atom. The Labute approximate surface area is 170 Å². The molecule has 8 heteroatoms. The van der Waals surface area contributed by atoms with Crippen molar-refractivity contribution in [2.45, 2.75) is 19.2 Å². The summed E-state index contributed by atoms with van der Waals surface area (Å²) >= 11 is 5.85. The van der Waals surface area contributed by atoms with Crippen LogP contribution < -0.4 is 5.32 Å². The minimum atomic E-state index is -4.46. The van der Waals surface area contributed by atoms with Gasteiger partial charge in [0.2, 0.25) is 0 Å². The molecule has 4 nitrogen and oxygen atoms in total. The van der Waals surface area contributed by atoms with Crippen LogP contribution in [-0.4, -0.2) is 17.2 Å². The lowest BCUT2D eigenvalue weighted by molar-refractivity contribution is -0.161. The van der Waals surface area contributed by atoms with Gasteiger partial charge in [-0.3, -0.25) is 4.79 Å². The first-order valence-electron chi connectivity index (χ1n) is 8.68. The smallest absolute Gasteiger partial charge is 0.395 e. The lowest BCUT2D eigenvalue weighted by Crippen LogP contribution is -2.31. The van der Waals surface area contributed by atoms with Gasteiger partial charge in [-0.2, -0.15) is 13.2 Å². The molecule has 2 aromatic carbocycles. The lowest BCUT2D eigenvalue weighted by atomic mass is 9.96. The molecule has 3 rings (SSSR count). The van der Waals surface area contributed by atoms with Gasteiger partial charge in [-0.25, -0.2) is 0 Å². The number of amides is 1. The van der Waals surface area contributed by atoms with Gasteiger partial charge in [0.05, 0.1) is 17.2 Å². The predicted octanol–water partition coefficient (Wildman–Crippen LogP) is 5.34. The van der Waals surface area contributed by atoms with Crippen molar-refractivity contribution in [2.24, 2.45) is 5.92 Å². The average molecular weight is 424 g/mol. The van der Waals surface area contributed by atoms with Crippen LogP contribution in [0.5, 0.6) is 5.75 Å². The molecule has 2 N–H and O–H groups in total. The van der Waals surface area contributed by atoms with E-state index in [-0.39, 0.29) is 34.4 Å². The van der Waals surface area contributed by atoms with Crippen LogP contribution in [0.4, 0.5) is 13.2 Å². The Morgan fingerprint density at radius 2 is 1.93 bits per heavy atom. The zero-order valence-electron chi connectivity index (χ0n) is 15.0. The van der Waals surface area contributed by atoms with Crippen LogP contribution in [0.2, 0.25) is 5.02 Å². The number of phenolic OH excluding ortho intramolecular Hbond substituents is 1. The summed E-state index contributed by atoms with van der Waals surface area (Å²) in [6.45, 7) is 0.124. The molecule has 1 unspecified atom stereocenters. The number of hydrogen-bond acceptors (Lipinski definition) is 3. The maximum atomic E-state index is 13.2. The average Bonchev–Trinajstić information content (AvgIpc) is 2.68. The highest BCUT2D eigenvalue weighted by atomic mass is 35.5. The van der Waals surface area contributed by atoms with Gasteiger partial charge in [-0.15, -0.1) is 0 Å². The molecular formula is C21H17ClF3NO3. The Hall–Kier alpha value is -2.93.